The first kappa shape index (κ1) is 22.3. The number of amides is 1. The summed E-state index contributed by atoms with van der Waals surface area (Å²) in [5.41, 5.74) is -2.36. The maximum Gasteiger partial charge on any atom is 0.418 e. The number of pyridine rings is 1. The van der Waals surface area contributed by atoms with Gasteiger partial charge in [-0.05, 0) is 42.8 Å². The minimum atomic E-state index is -5.05. The maximum absolute atomic E-state index is 14.9. The Morgan fingerprint density at radius 1 is 1.16 bits per heavy atom. The van der Waals surface area contributed by atoms with E-state index in [0.717, 1.165) is 30.6 Å². The highest BCUT2D eigenvalue weighted by atomic mass is 35.5. The Balaban J connectivity index is 2.13. The molecule has 0 atom stereocenters. The number of rotatable bonds is 4. The zero-order chi connectivity index (χ0) is 22.9. The van der Waals surface area contributed by atoms with E-state index in [1.807, 2.05) is 0 Å². The van der Waals surface area contributed by atoms with Crippen molar-refractivity contribution in [2.75, 3.05) is 5.32 Å². The lowest BCUT2D eigenvalue weighted by Crippen LogP contribution is -2.26. The van der Waals surface area contributed by atoms with Gasteiger partial charge in [-0.15, -0.1) is 0 Å². The van der Waals surface area contributed by atoms with Crippen molar-refractivity contribution < 1.29 is 36.2 Å². The molecule has 1 heterocycles. The van der Waals surface area contributed by atoms with E-state index >= 15 is 0 Å². The third kappa shape index (κ3) is 4.85. The third-order valence-electron chi connectivity index (χ3n) is 4.09. The van der Waals surface area contributed by atoms with Crippen molar-refractivity contribution >= 4 is 23.2 Å². The maximum atomic E-state index is 14.9. The number of carbonyl (C=O) groups excluding carboxylic acids is 1. The fraction of sp³-hybridized carbons (Fsp3) is 0.100. The van der Waals surface area contributed by atoms with Crippen LogP contribution in [0.5, 0.6) is 11.5 Å². The highest BCUT2D eigenvalue weighted by Gasteiger charge is 2.38. The van der Waals surface area contributed by atoms with Crippen molar-refractivity contribution in [3.63, 3.8) is 0 Å². The lowest BCUT2D eigenvalue weighted by Gasteiger charge is -2.18. The summed E-state index contributed by atoms with van der Waals surface area (Å²) in [4.78, 5) is 12.7. The summed E-state index contributed by atoms with van der Waals surface area (Å²) >= 11 is 5.55. The lowest BCUT2D eigenvalue weighted by molar-refractivity contribution is -0.604. The first-order valence-electron chi connectivity index (χ1n) is 8.50. The Hall–Kier alpha value is -3.40. The number of benzene rings is 2. The second kappa shape index (κ2) is 8.38. The summed E-state index contributed by atoms with van der Waals surface area (Å²) in [6.07, 6.45) is -2.97. The number of aromatic nitrogens is 1. The largest absolute Gasteiger partial charge is 0.619 e. The number of carbonyl (C=O) groups is 1. The molecule has 31 heavy (non-hydrogen) atoms. The van der Waals surface area contributed by atoms with E-state index in [1.165, 1.54) is 19.1 Å². The first-order valence-corrected chi connectivity index (χ1v) is 8.88. The van der Waals surface area contributed by atoms with Crippen LogP contribution in [0.1, 0.15) is 21.5 Å². The molecule has 3 aromatic rings. The van der Waals surface area contributed by atoms with Crippen molar-refractivity contribution in [2.24, 2.45) is 0 Å². The highest BCUT2D eigenvalue weighted by molar-refractivity contribution is 6.32. The molecule has 0 aliphatic carbocycles. The molecular formula is C20H12ClF5N2O3. The van der Waals surface area contributed by atoms with Crippen molar-refractivity contribution in [3.8, 4) is 11.5 Å². The lowest BCUT2D eigenvalue weighted by atomic mass is 10.1. The number of aryl methyl sites for hydroxylation is 1. The van der Waals surface area contributed by atoms with Crippen LogP contribution in [0.15, 0.2) is 48.8 Å². The van der Waals surface area contributed by atoms with Gasteiger partial charge in [0.2, 0.25) is 6.20 Å². The molecule has 0 unspecified atom stereocenters. The van der Waals surface area contributed by atoms with Crippen LogP contribution in [0.2, 0.25) is 5.02 Å². The summed E-state index contributed by atoms with van der Waals surface area (Å²) < 4.78 is 73.8. The molecule has 5 nitrogen and oxygen atoms in total. The number of halogens is 6. The number of hydrogen-bond acceptors (Lipinski definition) is 3. The minimum Gasteiger partial charge on any atom is -0.619 e. The van der Waals surface area contributed by atoms with Gasteiger partial charge in [-0.1, -0.05) is 11.6 Å². The van der Waals surface area contributed by atoms with Crippen LogP contribution in [0, 0.1) is 23.8 Å². The van der Waals surface area contributed by atoms with Gasteiger partial charge in [-0.25, -0.2) is 8.78 Å². The molecule has 0 aliphatic heterocycles. The summed E-state index contributed by atoms with van der Waals surface area (Å²) in [5.74, 6) is -4.42. The molecule has 0 fully saturated rings. The van der Waals surface area contributed by atoms with Crippen LogP contribution < -0.4 is 14.8 Å². The van der Waals surface area contributed by atoms with Crippen molar-refractivity contribution in [3.05, 3.63) is 87.3 Å². The fourth-order valence-corrected chi connectivity index (χ4v) is 2.93. The molecule has 162 valence electrons. The van der Waals surface area contributed by atoms with Gasteiger partial charge in [0.05, 0.1) is 10.6 Å². The molecule has 1 N–H and O–H groups in total. The number of anilines is 1. The number of hydrogen-bond donors (Lipinski definition) is 1. The van der Waals surface area contributed by atoms with Gasteiger partial charge >= 0.3 is 6.18 Å². The van der Waals surface area contributed by atoms with Crippen molar-refractivity contribution in [2.45, 2.75) is 13.1 Å². The highest BCUT2D eigenvalue weighted by Crippen LogP contribution is 2.42. The molecule has 0 bridgehead atoms. The van der Waals surface area contributed by atoms with E-state index in [1.54, 1.807) is 0 Å². The summed E-state index contributed by atoms with van der Waals surface area (Å²) in [6, 6.07) is 6.11. The van der Waals surface area contributed by atoms with E-state index in [4.69, 9.17) is 16.3 Å². The third-order valence-corrected chi connectivity index (χ3v) is 4.46. The van der Waals surface area contributed by atoms with Gasteiger partial charge in [0.1, 0.15) is 28.6 Å². The summed E-state index contributed by atoms with van der Waals surface area (Å²) in [5, 5.41) is 12.2. The average Bonchev–Trinajstić information content (AvgIpc) is 2.65. The van der Waals surface area contributed by atoms with E-state index < -0.39 is 45.6 Å². The van der Waals surface area contributed by atoms with Crippen LogP contribution in [0.4, 0.5) is 27.6 Å². The number of nitrogens with zero attached hydrogens (tertiary/aromatic N) is 1. The van der Waals surface area contributed by atoms with Crippen LogP contribution >= 0.6 is 11.6 Å². The molecule has 11 heteroatoms. The molecule has 0 saturated carbocycles. The van der Waals surface area contributed by atoms with E-state index in [2.05, 4.69) is 5.32 Å². The summed E-state index contributed by atoms with van der Waals surface area (Å²) in [6.45, 7) is 1.41. The average molecular weight is 459 g/mol. The van der Waals surface area contributed by atoms with Gasteiger partial charge in [0, 0.05) is 6.07 Å². The number of nitrogens with one attached hydrogen (secondary N) is 1. The smallest absolute Gasteiger partial charge is 0.418 e. The van der Waals surface area contributed by atoms with E-state index in [0.29, 0.717) is 10.8 Å². The predicted octanol–water partition coefficient (Wildman–Crippen LogP) is 5.62. The first-order chi connectivity index (χ1) is 14.5. The topological polar surface area (TPSA) is 65.3 Å². The zero-order valence-electron chi connectivity index (χ0n) is 15.6. The standard InChI is InChI=1S/C20H12ClF5N2O3/c1-10-7-11(22)4-5-14(10)31-15-8-13(20(24,25)26)17(21)18(23)16(15)19(29)27-12-3-2-6-28(30)9-12/h2-9H,1H3,(H,27,29). The zero-order valence-corrected chi connectivity index (χ0v) is 16.3. The van der Waals surface area contributed by atoms with E-state index in [9.17, 15) is 32.0 Å². The van der Waals surface area contributed by atoms with Crippen molar-refractivity contribution in [1.82, 2.24) is 0 Å². The molecular weight excluding hydrogens is 447 g/mol. The Bertz CT molecular complexity index is 1170. The Morgan fingerprint density at radius 3 is 2.48 bits per heavy atom. The second-order valence-electron chi connectivity index (χ2n) is 6.34. The van der Waals surface area contributed by atoms with E-state index in [-0.39, 0.29) is 17.0 Å². The van der Waals surface area contributed by atoms with Crippen LogP contribution in [-0.2, 0) is 6.18 Å². The van der Waals surface area contributed by atoms with Gasteiger partial charge in [0.25, 0.3) is 5.91 Å². The molecule has 2 aromatic carbocycles. The molecule has 0 saturated heterocycles. The molecule has 1 aromatic heterocycles. The number of ether oxygens (including phenoxy) is 1. The normalized spacial score (nSPS) is 11.3. The van der Waals surface area contributed by atoms with Gasteiger partial charge < -0.3 is 15.3 Å². The Morgan fingerprint density at radius 2 is 1.87 bits per heavy atom. The number of alkyl halides is 3. The molecule has 1 amide bonds. The fourth-order valence-electron chi connectivity index (χ4n) is 2.67. The molecule has 0 spiro atoms. The Labute approximate surface area is 177 Å². The molecule has 0 aliphatic rings. The summed E-state index contributed by atoms with van der Waals surface area (Å²) in [7, 11) is 0. The van der Waals surface area contributed by atoms with Crippen molar-refractivity contribution in [1.29, 1.82) is 0 Å². The van der Waals surface area contributed by atoms with Gasteiger partial charge in [-0.2, -0.15) is 17.9 Å². The van der Waals surface area contributed by atoms with Gasteiger partial charge in [0.15, 0.2) is 12.0 Å². The molecule has 0 radical (unpaired) electrons. The monoisotopic (exact) mass is 458 g/mol. The minimum absolute atomic E-state index is 0.0539. The van der Waals surface area contributed by atoms with Crippen LogP contribution in [0.25, 0.3) is 0 Å². The van der Waals surface area contributed by atoms with Gasteiger partial charge in [-0.3, -0.25) is 4.79 Å². The van der Waals surface area contributed by atoms with Crippen LogP contribution in [-0.4, -0.2) is 5.91 Å². The quantitative estimate of drug-likeness (QED) is 0.313. The molecule has 3 rings (SSSR count). The predicted molar refractivity (Wildman–Crippen MR) is 101 cm³/mol. The SMILES string of the molecule is Cc1cc(F)ccc1Oc1cc(C(F)(F)F)c(Cl)c(F)c1C(=O)Nc1ccc[n+]([O-])c1. The van der Waals surface area contributed by atoms with Crippen LogP contribution in [0.3, 0.4) is 0 Å². The second-order valence-corrected chi connectivity index (χ2v) is 6.72. The Kier molecular flexibility index (Phi) is 6.03.